The van der Waals surface area contributed by atoms with Gasteiger partial charge in [-0.15, -0.1) is 13.2 Å². The summed E-state index contributed by atoms with van der Waals surface area (Å²) < 4.78 is 26.8. The minimum atomic E-state index is -1.51. The van der Waals surface area contributed by atoms with Crippen molar-refractivity contribution in [1.29, 1.82) is 0 Å². The van der Waals surface area contributed by atoms with E-state index in [2.05, 4.69) is 24.4 Å². The maximum absolute atomic E-state index is 14.8. The highest BCUT2D eigenvalue weighted by Gasteiger charge is 2.65. The Bertz CT molecular complexity index is 2320. The van der Waals surface area contributed by atoms with Gasteiger partial charge in [0, 0.05) is 37.2 Å². The third-order valence-corrected chi connectivity index (χ3v) is 12.5. The summed E-state index contributed by atoms with van der Waals surface area (Å²) in [7, 11) is 1.51. The summed E-state index contributed by atoms with van der Waals surface area (Å²) in [5.74, 6) is -1.09. The van der Waals surface area contributed by atoms with E-state index in [0.29, 0.717) is 42.2 Å². The first kappa shape index (κ1) is 45.0. The number of carbonyl (C=O) groups is 1. The molecule has 63 heavy (non-hydrogen) atoms. The van der Waals surface area contributed by atoms with Gasteiger partial charge in [0.1, 0.15) is 30.4 Å². The standard InChI is InChI=1S/C50H57N3O10/c1-4-6-28-60-49(56)52(33-36-18-13-17-34-15-7-8-21-40(34)36)46-32-44(51-59-3)42-29-35(16-9-11-25-54)41(22-10-12-26-55)47-43-31-39(62-38-20-14-19-37(30-38)53(57)58)23-24-45(43)63-50(46,48(42)47)61-27-5-2/h4-5,7-8,13-15,17-21,23-24,29-31,35,41,46-48,54-55H,1-2,6,9-12,16,22,25-28,32-33H2,3H3/t35-,41+,46-,47+,48+,50+/m0/s1. The second-order valence-electron chi connectivity index (χ2n) is 16.3. The molecule has 1 fully saturated rings. The minimum absolute atomic E-state index is 0.0187. The Morgan fingerprint density at radius 3 is 2.49 bits per heavy atom. The molecule has 6 atom stereocenters. The molecular formula is C50H57N3O10. The van der Waals surface area contributed by atoms with Gasteiger partial charge >= 0.3 is 6.09 Å². The van der Waals surface area contributed by atoms with Gasteiger partial charge in [-0.3, -0.25) is 15.0 Å². The molecule has 1 amide bonds. The van der Waals surface area contributed by atoms with Crippen LogP contribution in [-0.4, -0.2) is 77.2 Å². The van der Waals surface area contributed by atoms with Crippen molar-refractivity contribution in [3.8, 4) is 17.2 Å². The summed E-state index contributed by atoms with van der Waals surface area (Å²) in [5, 5.41) is 38.2. The molecule has 3 aliphatic rings. The molecule has 13 heteroatoms. The first-order valence-corrected chi connectivity index (χ1v) is 21.8. The van der Waals surface area contributed by atoms with E-state index in [0.717, 1.165) is 53.2 Å². The molecule has 13 nitrogen and oxygen atoms in total. The Hall–Kier alpha value is -6.02. The van der Waals surface area contributed by atoms with Crippen LogP contribution in [0.25, 0.3) is 10.8 Å². The van der Waals surface area contributed by atoms with E-state index in [1.807, 2.05) is 54.6 Å². The average molecular weight is 860 g/mol. The summed E-state index contributed by atoms with van der Waals surface area (Å²) in [6.07, 6.45) is 10.1. The average Bonchev–Trinajstić information content (AvgIpc) is 3.29. The van der Waals surface area contributed by atoms with Crippen LogP contribution >= 0.6 is 0 Å². The highest BCUT2D eigenvalue weighted by atomic mass is 16.7. The number of aliphatic hydroxyl groups excluding tert-OH is 2. The lowest BCUT2D eigenvalue weighted by atomic mass is 9.55. The zero-order valence-electron chi connectivity index (χ0n) is 35.8. The molecule has 0 unspecified atom stereocenters. The molecule has 1 aliphatic heterocycles. The van der Waals surface area contributed by atoms with Crippen LogP contribution in [0.4, 0.5) is 10.5 Å². The Labute approximate surface area is 368 Å². The lowest BCUT2D eigenvalue weighted by molar-refractivity contribution is -0.384. The fourth-order valence-electron chi connectivity index (χ4n) is 9.85. The van der Waals surface area contributed by atoms with E-state index in [1.165, 1.54) is 19.2 Å². The van der Waals surface area contributed by atoms with Gasteiger partial charge in [-0.05, 0) is 90.1 Å². The molecule has 0 radical (unpaired) electrons. The number of aliphatic hydroxyl groups is 2. The number of benzene rings is 4. The SMILES string of the molecule is C=CCCOC(=O)N(Cc1cccc2ccccc12)[C@H]1CC(=NOC)C2=C[C@H](CCCCO)[C@@H](CCCCO)[C@@H]3c4cc(Oc5cccc([N+](=O)[O-])c5)ccc4O[C@@]1(OCC=C)[C@H]23. The van der Waals surface area contributed by atoms with Gasteiger partial charge in [0.25, 0.3) is 5.69 Å². The first-order chi connectivity index (χ1) is 30.8. The highest BCUT2D eigenvalue weighted by molar-refractivity contribution is 6.03. The summed E-state index contributed by atoms with van der Waals surface area (Å²) >= 11 is 0. The van der Waals surface area contributed by atoms with Crippen LogP contribution < -0.4 is 9.47 Å². The van der Waals surface area contributed by atoms with Gasteiger partial charge in [-0.25, -0.2) is 4.79 Å². The molecule has 2 N–H and O–H groups in total. The molecule has 4 aromatic carbocycles. The van der Waals surface area contributed by atoms with Crippen molar-refractivity contribution in [3.05, 3.63) is 143 Å². The summed E-state index contributed by atoms with van der Waals surface area (Å²) in [5.41, 5.74) is 3.19. The molecule has 332 valence electrons. The van der Waals surface area contributed by atoms with E-state index >= 15 is 0 Å². The molecule has 2 aliphatic carbocycles. The molecule has 4 aromatic rings. The maximum atomic E-state index is 14.8. The number of nitro groups is 1. The third-order valence-electron chi connectivity index (χ3n) is 12.5. The number of unbranched alkanes of at least 4 members (excludes halogenated alkanes) is 2. The number of oxime groups is 1. The van der Waals surface area contributed by atoms with Gasteiger partial charge in [-0.1, -0.05) is 84.8 Å². The minimum Gasteiger partial charge on any atom is -0.459 e. The van der Waals surface area contributed by atoms with Crippen molar-refractivity contribution < 1.29 is 43.7 Å². The third kappa shape index (κ3) is 9.65. The lowest BCUT2D eigenvalue weighted by Gasteiger charge is -2.59. The molecule has 0 saturated heterocycles. The number of nitrogens with zero attached hydrogens (tertiary/aromatic N) is 3. The monoisotopic (exact) mass is 859 g/mol. The fourth-order valence-corrected chi connectivity index (χ4v) is 9.85. The van der Waals surface area contributed by atoms with Gasteiger partial charge in [0.2, 0.25) is 5.79 Å². The first-order valence-electron chi connectivity index (χ1n) is 21.8. The van der Waals surface area contributed by atoms with Crippen molar-refractivity contribution in [3.63, 3.8) is 0 Å². The van der Waals surface area contributed by atoms with E-state index in [1.54, 1.807) is 35.3 Å². The topological polar surface area (TPSA) is 162 Å². The summed E-state index contributed by atoms with van der Waals surface area (Å²) in [4.78, 5) is 33.3. The van der Waals surface area contributed by atoms with Gasteiger partial charge in [0.15, 0.2) is 0 Å². The second-order valence-corrected chi connectivity index (χ2v) is 16.3. The van der Waals surface area contributed by atoms with Crippen LogP contribution in [-0.2, 0) is 20.9 Å². The smallest absolute Gasteiger partial charge is 0.410 e. The Morgan fingerprint density at radius 1 is 0.968 bits per heavy atom. The van der Waals surface area contributed by atoms with E-state index in [-0.39, 0.29) is 62.8 Å². The molecule has 0 spiro atoms. The number of fused-ring (bicyclic) bond motifs is 3. The van der Waals surface area contributed by atoms with E-state index in [9.17, 15) is 25.1 Å². The number of non-ortho nitro benzene ring substituents is 1. The zero-order chi connectivity index (χ0) is 44.3. The van der Waals surface area contributed by atoms with Crippen LogP contribution in [0.5, 0.6) is 17.2 Å². The van der Waals surface area contributed by atoms with Crippen molar-refractivity contribution in [2.24, 2.45) is 22.9 Å². The quantitative estimate of drug-likeness (QED) is 0.0357. The van der Waals surface area contributed by atoms with E-state index < -0.39 is 28.8 Å². The molecule has 1 saturated carbocycles. The number of allylic oxidation sites excluding steroid dienone is 1. The Balaban J connectivity index is 1.45. The van der Waals surface area contributed by atoms with Crippen molar-refractivity contribution in [1.82, 2.24) is 4.90 Å². The number of rotatable bonds is 21. The van der Waals surface area contributed by atoms with Gasteiger partial charge in [-0.2, -0.15) is 0 Å². The largest absolute Gasteiger partial charge is 0.459 e. The number of hydrogen-bond acceptors (Lipinski definition) is 11. The Morgan fingerprint density at radius 2 is 1.73 bits per heavy atom. The molecule has 7 rings (SSSR count). The maximum Gasteiger partial charge on any atom is 0.410 e. The van der Waals surface area contributed by atoms with Gasteiger partial charge < -0.3 is 34.0 Å². The number of nitro benzene ring substituents is 1. The van der Waals surface area contributed by atoms with Crippen molar-refractivity contribution in [2.45, 2.75) is 75.7 Å². The van der Waals surface area contributed by atoms with Gasteiger partial charge in [0.05, 0.1) is 42.4 Å². The summed E-state index contributed by atoms with van der Waals surface area (Å²) in [6, 6.07) is 24.9. The molecular weight excluding hydrogens is 803 g/mol. The predicted molar refractivity (Wildman–Crippen MR) is 241 cm³/mol. The molecule has 0 bridgehead atoms. The second kappa shape index (κ2) is 20.9. The van der Waals surface area contributed by atoms with Crippen molar-refractivity contribution in [2.75, 3.05) is 33.5 Å². The summed E-state index contributed by atoms with van der Waals surface area (Å²) in [6.45, 7) is 8.35. The number of hydrogen-bond donors (Lipinski definition) is 2. The molecule has 1 heterocycles. The number of amides is 1. The van der Waals surface area contributed by atoms with Crippen LogP contribution in [0, 0.1) is 27.9 Å². The lowest BCUT2D eigenvalue weighted by Crippen LogP contribution is -2.70. The highest BCUT2D eigenvalue weighted by Crippen LogP contribution is 2.62. The fraction of sp³-hybridized carbons (Fsp3) is 0.400. The predicted octanol–water partition coefficient (Wildman–Crippen LogP) is 10.0. The van der Waals surface area contributed by atoms with Crippen LogP contribution in [0.3, 0.4) is 0 Å². The number of ether oxygens (including phenoxy) is 4. The van der Waals surface area contributed by atoms with Crippen LogP contribution in [0.1, 0.15) is 68.4 Å². The normalized spacial score (nSPS) is 22.8. The van der Waals surface area contributed by atoms with Crippen molar-refractivity contribution >= 4 is 28.3 Å². The molecule has 0 aromatic heterocycles. The van der Waals surface area contributed by atoms with Crippen LogP contribution in [0.15, 0.2) is 127 Å². The van der Waals surface area contributed by atoms with Crippen LogP contribution in [0.2, 0.25) is 0 Å². The zero-order valence-corrected chi connectivity index (χ0v) is 35.8. The Kier molecular flexibility index (Phi) is 14.9. The number of carbonyl (C=O) groups excluding carboxylic acids is 1. The van der Waals surface area contributed by atoms with E-state index in [4.69, 9.17) is 23.8 Å².